The highest BCUT2D eigenvalue weighted by Gasteiger charge is 2.39. The number of nitrogens with two attached hydrogens (primary N) is 1. The molecule has 1 heterocycles. The number of halogens is 3. The van der Waals surface area contributed by atoms with Gasteiger partial charge in [0.15, 0.2) is 5.16 Å². The molecule has 0 spiro atoms. The number of hydrogen-bond donors (Lipinski definition) is 1. The standard InChI is InChI=1S/C10H7F3N6O4S/c1-24-9-15-8(14)16-17(9)7-5(18(20)21)2-4(10(11,12)13)3-6(7)19(22)23/h2-3H,1H3,(H2,14,16). The zero-order valence-electron chi connectivity index (χ0n) is 11.6. The topological polar surface area (TPSA) is 143 Å². The lowest BCUT2D eigenvalue weighted by molar-refractivity contribution is -0.394. The lowest BCUT2D eigenvalue weighted by Crippen LogP contribution is -2.12. The van der Waals surface area contributed by atoms with Gasteiger partial charge >= 0.3 is 17.6 Å². The number of nitro groups is 2. The Kier molecular flexibility index (Phi) is 4.33. The number of anilines is 1. The fourth-order valence-corrected chi connectivity index (χ4v) is 2.34. The normalized spacial score (nSPS) is 11.5. The fourth-order valence-electron chi connectivity index (χ4n) is 1.85. The zero-order chi connectivity index (χ0) is 18.2. The maximum Gasteiger partial charge on any atom is 0.416 e. The quantitative estimate of drug-likeness (QED) is 0.495. The van der Waals surface area contributed by atoms with Crippen molar-refractivity contribution in [2.45, 2.75) is 11.3 Å². The molecular weight excluding hydrogens is 357 g/mol. The molecule has 2 aromatic rings. The van der Waals surface area contributed by atoms with Gasteiger partial charge in [-0.15, -0.1) is 5.10 Å². The van der Waals surface area contributed by atoms with E-state index in [-0.39, 0.29) is 23.2 Å². The number of nitrogens with zero attached hydrogens (tertiary/aromatic N) is 5. The monoisotopic (exact) mass is 364 g/mol. The number of thioether (sulfide) groups is 1. The molecule has 0 fully saturated rings. The second kappa shape index (κ2) is 5.95. The third-order valence-electron chi connectivity index (χ3n) is 2.78. The van der Waals surface area contributed by atoms with E-state index in [0.29, 0.717) is 4.68 Å². The van der Waals surface area contributed by atoms with Crippen molar-refractivity contribution in [2.75, 3.05) is 12.0 Å². The van der Waals surface area contributed by atoms with Crippen molar-refractivity contribution in [3.05, 3.63) is 37.9 Å². The number of hydrogen-bond acceptors (Lipinski definition) is 8. The van der Waals surface area contributed by atoms with E-state index in [1.165, 1.54) is 6.26 Å². The van der Waals surface area contributed by atoms with Crippen LogP contribution in [0.3, 0.4) is 0 Å². The number of aromatic nitrogens is 3. The van der Waals surface area contributed by atoms with Gasteiger partial charge < -0.3 is 5.73 Å². The number of nitrogen functional groups attached to an aromatic ring is 1. The largest absolute Gasteiger partial charge is 0.416 e. The zero-order valence-corrected chi connectivity index (χ0v) is 12.5. The van der Waals surface area contributed by atoms with Crippen molar-refractivity contribution in [1.29, 1.82) is 0 Å². The third-order valence-corrected chi connectivity index (χ3v) is 3.41. The molecule has 128 valence electrons. The predicted molar refractivity (Wildman–Crippen MR) is 75.9 cm³/mol. The molecule has 0 saturated heterocycles. The molecule has 0 amide bonds. The number of rotatable bonds is 4. The van der Waals surface area contributed by atoms with Crippen LogP contribution in [0.4, 0.5) is 30.5 Å². The maximum absolute atomic E-state index is 12.9. The summed E-state index contributed by atoms with van der Waals surface area (Å²) in [6, 6.07) is 0.397. The minimum Gasteiger partial charge on any atom is -0.366 e. The van der Waals surface area contributed by atoms with Crippen LogP contribution >= 0.6 is 11.8 Å². The number of benzene rings is 1. The van der Waals surface area contributed by atoms with Gasteiger partial charge in [-0.25, -0.2) is 0 Å². The molecule has 1 aromatic heterocycles. The van der Waals surface area contributed by atoms with E-state index in [1.54, 1.807) is 0 Å². The smallest absolute Gasteiger partial charge is 0.366 e. The summed E-state index contributed by atoms with van der Waals surface area (Å²) in [5.41, 5.74) is 0.801. The Balaban J connectivity index is 2.92. The highest BCUT2D eigenvalue weighted by Crippen LogP contribution is 2.40. The molecule has 24 heavy (non-hydrogen) atoms. The van der Waals surface area contributed by atoms with Crippen molar-refractivity contribution in [3.63, 3.8) is 0 Å². The molecule has 0 aliphatic rings. The van der Waals surface area contributed by atoms with Crippen LogP contribution in [0.2, 0.25) is 0 Å². The summed E-state index contributed by atoms with van der Waals surface area (Å²) in [5, 5.41) is 25.9. The molecule has 0 aliphatic carbocycles. The predicted octanol–water partition coefficient (Wildman–Crippen LogP) is 2.41. The highest BCUT2D eigenvalue weighted by atomic mass is 32.2. The first-order valence-electron chi connectivity index (χ1n) is 5.87. The van der Waals surface area contributed by atoms with Crippen LogP contribution in [0.1, 0.15) is 5.56 Å². The molecule has 1 aromatic carbocycles. The van der Waals surface area contributed by atoms with E-state index in [4.69, 9.17) is 5.73 Å². The van der Waals surface area contributed by atoms with Gasteiger partial charge in [0.2, 0.25) is 11.6 Å². The average molecular weight is 364 g/mol. The van der Waals surface area contributed by atoms with E-state index in [2.05, 4.69) is 10.1 Å². The van der Waals surface area contributed by atoms with Crippen molar-refractivity contribution in [3.8, 4) is 5.69 Å². The Morgan fingerprint density at radius 2 is 1.71 bits per heavy atom. The molecule has 10 nitrogen and oxygen atoms in total. The average Bonchev–Trinajstić information content (AvgIpc) is 2.85. The van der Waals surface area contributed by atoms with E-state index in [1.807, 2.05) is 0 Å². The van der Waals surface area contributed by atoms with Gasteiger partial charge in [0.05, 0.1) is 15.4 Å². The van der Waals surface area contributed by atoms with Crippen LogP contribution in [0, 0.1) is 20.2 Å². The summed E-state index contributed by atoms with van der Waals surface area (Å²) >= 11 is 0.904. The molecule has 0 saturated carbocycles. The third kappa shape index (κ3) is 3.08. The van der Waals surface area contributed by atoms with Crippen LogP contribution in [-0.4, -0.2) is 30.9 Å². The van der Waals surface area contributed by atoms with E-state index < -0.39 is 38.6 Å². The molecule has 0 radical (unpaired) electrons. The van der Waals surface area contributed by atoms with Gasteiger partial charge in [-0.2, -0.15) is 22.8 Å². The summed E-state index contributed by atoms with van der Waals surface area (Å²) in [6.45, 7) is 0. The van der Waals surface area contributed by atoms with E-state index >= 15 is 0 Å². The van der Waals surface area contributed by atoms with Crippen LogP contribution < -0.4 is 5.73 Å². The SMILES string of the molecule is CSc1nc(N)nn1-c1c([N+](=O)[O-])cc(C(F)(F)F)cc1[N+](=O)[O-]. The summed E-state index contributed by atoms with van der Waals surface area (Å²) in [7, 11) is 0. The highest BCUT2D eigenvalue weighted by molar-refractivity contribution is 7.98. The molecule has 14 heteroatoms. The minimum atomic E-state index is -5.00. The van der Waals surface area contributed by atoms with Gasteiger partial charge in [-0.3, -0.25) is 20.2 Å². The Hall–Kier alpha value is -2.90. The van der Waals surface area contributed by atoms with Gasteiger partial charge in [-0.1, -0.05) is 11.8 Å². The van der Waals surface area contributed by atoms with Crippen molar-refractivity contribution in [2.24, 2.45) is 0 Å². The Labute approximate surface area is 134 Å². The van der Waals surface area contributed by atoms with Crippen LogP contribution in [0.25, 0.3) is 5.69 Å². The van der Waals surface area contributed by atoms with E-state index in [9.17, 15) is 33.4 Å². The van der Waals surface area contributed by atoms with Crippen LogP contribution in [0.5, 0.6) is 0 Å². The van der Waals surface area contributed by atoms with Gasteiger partial charge in [0.25, 0.3) is 0 Å². The van der Waals surface area contributed by atoms with Crippen molar-refractivity contribution in [1.82, 2.24) is 14.8 Å². The van der Waals surface area contributed by atoms with Crippen molar-refractivity contribution >= 4 is 29.1 Å². The summed E-state index contributed by atoms with van der Waals surface area (Å²) < 4.78 is 39.2. The molecule has 0 bridgehead atoms. The van der Waals surface area contributed by atoms with Gasteiger partial charge in [-0.05, 0) is 6.26 Å². The van der Waals surface area contributed by atoms with Crippen LogP contribution in [0.15, 0.2) is 17.3 Å². The molecule has 0 atom stereocenters. The number of nitro benzene ring substituents is 2. The Bertz CT molecular complexity index is 801. The molecule has 2 N–H and O–H groups in total. The van der Waals surface area contributed by atoms with Crippen molar-refractivity contribution < 1.29 is 23.0 Å². The Morgan fingerprint density at radius 1 is 1.21 bits per heavy atom. The number of alkyl halides is 3. The minimum absolute atomic E-state index is 0.0570. The van der Waals surface area contributed by atoms with Crippen LogP contribution in [-0.2, 0) is 6.18 Å². The molecule has 0 unspecified atom stereocenters. The summed E-state index contributed by atoms with van der Waals surface area (Å²) in [6.07, 6.45) is -3.51. The second-order valence-corrected chi connectivity index (χ2v) is 5.02. The molecule has 0 aliphatic heterocycles. The lowest BCUT2D eigenvalue weighted by atomic mass is 10.1. The molecular formula is C10H7F3N6O4S. The Morgan fingerprint density at radius 3 is 2.08 bits per heavy atom. The van der Waals surface area contributed by atoms with E-state index in [0.717, 1.165) is 11.8 Å². The first-order chi connectivity index (χ1) is 11.1. The van der Waals surface area contributed by atoms with Gasteiger partial charge in [0, 0.05) is 12.1 Å². The lowest BCUT2D eigenvalue weighted by Gasteiger charge is -2.10. The molecule has 2 rings (SSSR count). The summed E-state index contributed by atoms with van der Waals surface area (Å²) in [4.78, 5) is 23.7. The first-order valence-corrected chi connectivity index (χ1v) is 7.09. The second-order valence-electron chi connectivity index (χ2n) is 4.24. The maximum atomic E-state index is 12.9. The first kappa shape index (κ1) is 17.5. The summed E-state index contributed by atoms with van der Waals surface area (Å²) in [5.74, 6) is -0.345. The fraction of sp³-hybridized carbons (Fsp3) is 0.200. The van der Waals surface area contributed by atoms with Gasteiger partial charge in [0.1, 0.15) is 0 Å².